The number of benzene rings is 1. The summed E-state index contributed by atoms with van der Waals surface area (Å²) in [6.07, 6.45) is 0.673. The second-order valence-electron chi connectivity index (χ2n) is 4.88. The van der Waals surface area contributed by atoms with E-state index in [0.717, 1.165) is 0 Å². The van der Waals surface area contributed by atoms with Gasteiger partial charge in [0.1, 0.15) is 6.04 Å². The van der Waals surface area contributed by atoms with Crippen molar-refractivity contribution in [3.63, 3.8) is 0 Å². The summed E-state index contributed by atoms with van der Waals surface area (Å²) in [6.45, 7) is -0.431. The summed E-state index contributed by atoms with van der Waals surface area (Å²) in [5, 5.41) is 5.06. The molecular formula is C15H18N2O6. The lowest BCUT2D eigenvalue weighted by molar-refractivity contribution is -0.149. The highest BCUT2D eigenvalue weighted by atomic mass is 16.5. The zero-order valence-electron chi connectivity index (χ0n) is 12.9. The van der Waals surface area contributed by atoms with E-state index in [0.29, 0.717) is 23.6 Å². The van der Waals surface area contributed by atoms with Crippen LogP contribution in [0.1, 0.15) is 12.8 Å². The van der Waals surface area contributed by atoms with Crippen LogP contribution in [0, 0.1) is 0 Å². The molecule has 2 amide bonds. The van der Waals surface area contributed by atoms with Gasteiger partial charge < -0.3 is 24.8 Å². The molecular weight excluding hydrogens is 304 g/mol. The summed E-state index contributed by atoms with van der Waals surface area (Å²) < 4.78 is 15.1. The quantitative estimate of drug-likeness (QED) is 0.738. The number of carbonyl (C=O) groups excluding carboxylic acids is 3. The molecule has 124 valence electrons. The molecule has 1 saturated heterocycles. The number of esters is 1. The van der Waals surface area contributed by atoms with E-state index < -0.39 is 24.5 Å². The van der Waals surface area contributed by atoms with Crippen LogP contribution >= 0.6 is 0 Å². The lowest BCUT2D eigenvalue weighted by Gasteiger charge is -2.12. The molecule has 1 aromatic rings. The first kappa shape index (κ1) is 16.6. The number of nitrogens with one attached hydrogen (secondary N) is 2. The Morgan fingerprint density at radius 1 is 1.26 bits per heavy atom. The maximum absolute atomic E-state index is 11.8. The van der Waals surface area contributed by atoms with Crippen molar-refractivity contribution >= 4 is 23.5 Å². The van der Waals surface area contributed by atoms with Crippen LogP contribution in [-0.2, 0) is 19.1 Å². The third-order valence-electron chi connectivity index (χ3n) is 3.29. The van der Waals surface area contributed by atoms with Crippen LogP contribution < -0.4 is 20.1 Å². The monoisotopic (exact) mass is 322 g/mol. The third kappa shape index (κ3) is 4.35. The Morgan fingerprint density at radius 3 is 2.61 bits per heavy atom. The van der Waals surface area contributed by atoms with Crippen molar-refractivity contribution in [1.82, 2.24) is 5.32 Å². The van der Waals surface area contributed by atoms with Crippen molar-refractivity contribution in [3.05, 3.63) is 18.2 Å². The van der Waals surface area contributed by atoms with Crippen LogP contribution in [0.15, 0.2) is 18.2 Å². The molecule has 8 heteroatoms. The van der Waals surface area contributed by atoms with E-state index >= 15 is 0 Å². The molecule has 23 heavy (non-hydrogen) atoms. The highest BCUT2D eigenvalue weighted by Gasteiger charge is 2.28. The average Bonchev–Trinajstić information content (AvgIpc) is 2.99. The van der Waals surface area contributed by atoms with Crippen LogP contribution in [0.2, 0.25) is 0 Å². The summed E-state index contributed by atoms with van der Waals surface area (Å²) in [6, 6.07) is 4.21. The van der Waals surface area contributed by atoms with Crippen molar-refractivity contribution < 1.29 is 28.6 Å². The Kier molecular flexibility index (Phi) is 5.40. The molecule has 2 rings (SSSR count). The highest BCUT2D eigenvalue weighted by Crippen LogP contribution is 2.29. The first-order valence-electron chi connectivity index (χ1n) is 7.01. The Morgan fingerprint density at radius 2 is 2.00 bits per heavy atom. The first-order valence-corrected chi connectivity index (χ1v) is 7.01. The number of hydrogen-bond donors (Lipinski definition) is 2. The minimum atomic E-state index is -0.670. The maximum atomic E-state index is 11.8. The van der Waals surface area contributed by atoms with Crippen LogP contribution in [-0.4, -0.2) is 44.7 Å². The molecule has 1 atom stereocenters. The molecule has 0 bridgehead atoms. The van der Waals surface area contributed by atoms with Gasteiger partial charge in [-0.25, -0.2) is 4.79 Å². The van der Waals surface area contributed by atoms with Gasteiger partial charge in [-0.2, -0.15) is 0 Å². The van der Waals surface area contributed by atoms with E-state index in [1.807, 2.05) is 0 Å². The summed E-state index contributed by atoms with van der Waals surface area (Å²) in [5.74, 6) is -0.292. The van der Waals surface area contributed by atoms with Crippen LogP contribution in [0.5, 0.6) is 11.5 Å². The molecule has 0 aromatic heterocycles. The predicted octanol–water partition coefficient (Wildman–Crippen LogP) is 0.464. The van der Waals surface area contributed by atoms with Gasteiger partial charge in [-0.05, 0) is 18.6 Å². The van der Waals surface area contributed by atoms with Crippen molar-refractivity contribution in [3.8, 4) is 11.5 Å². The number of amides is 2. The van der Waals surface area contributed by atoms with E-state index in [4.69, 9.17) is 14.2 Å². The summed E-state index contributed by atoms with van der Waals surface area (Å²) in [5.41, 5.74) is 0.484. The predicted molar refractivity (Wildman–Crippen MR) is 80.3 cm³/mol. The normalized spacial score (nSPS) is 16.4. The van der Waals surface area contributed by atoms with Gasteiger partial charge in [0.25, 0.3) is 5.91 Å². The van der Waals surface area contributed by atoms with E-state index in [9.17, 15) is 14.4 Å². The molecule has 2 N–H and O–H groups in total. The zero-order valence-corrected chi connectivity index (χ0v) is 12.9. The van der Waals surface area contributed by atoms with Gasteiger partial charge in [-0.3, -0.25) is 9.59 Å². The molecule has 1 aliphatic rings. The molecule has 0 aliphatic carbocycles. The Labute approximate surface area is 133 Å². The Hall–Kier alpha value is -2.77. The minimum absolute atomic E-state index is 0.193. The fourth-order valence-corrected chi connectivity index (χ4v) is 2.14. The lowest BCUT2D eigenvalue weighted by Crippen LogP contribution is -2.36. The number of anilines is 1. The molecule has 8 nitrogen and oxygen atoms in total. The fourth-order valence-electron chi connectivity index (χ4n) is 2.14. The van der Waals surface area contributed by atoms with Crippen LogP contribution in [0.25, 0.3) is 0 Å². The lowest BCUT2D eigenvalue weighted by atomic mass is 10.2. The van der Waals surface area contributed by atoms with Crippen molar-refractivity contribution in [1.29, 1.82) is 0 Å². The topological polar surface area (TPSA) is 103 Å². The Bertz CT molecular complexity index is 616. The van der Waals surface area contributed by atoms with E-state index in [1.54, 1.807) is 18.2 Å². The summed E-state index contributed by atoms with van der Waals surface area (Å²) in [7, 11) is 3.00. The van der Waals surface area contributed by atoms with E-state index in [-0.39, 0.29) is 12.3 Å². The molecule has 0 unspecified atom stereocenters. The molecule has 1 fully saturated rings. The SMILES string of the molecule is COc1ccc(NC(=O)COC(=O)[C@H]2CCC(=O)N2)cc1OC. The van der Waals surface area contributed by atoms with Crippen LogP contribution in [0.4, 0.5) is 5.69 Å². The van der Waals surface area contributed by atoms with Crippen molar-refractivity contribution in [2.45, 2.75) is 18.9 Å². The van der Waals surface area contributed by atoms with Gasteiger partial charge in [0.05, 0.1) is 14.2 Å². The van der Waals surface area contributed by atoms with E-state index in [2.05, 4.69) is 10.6 Å². The van der Waals surface area contributed by atoms with Crippen molar-refractivity contribution in [2.24, 2.45) is 0 Å². The van der Waals surface area contributed by atoms with Gasteiger partial charge in [-0.15, -0.1) is 0 Å². The highest BCUT2D eigenvalue weighted by molar-refractivity contribution is 5.94. The van der Waals surface area contributed by atoms with Gasteiger partial charge >= 0.3 is 5.97 Å². The third-order valence-corrected chi connectivity index (χ3v) is 3.29. The molecule has 1 aliphatic heterocycles. The second-order valence-corrected chi connectivity index (χ2v) is 4.88. The molecule has 0 radical (unpaired) electrons. The Balaban J connectivity index is 1.85. The molecule has 0 spiro atoms. The van der Waals surface area contributed by atoms with E-state index in [1.165, 1.54) is 14.2 Å². The maximum Gasteiger partial charge on any atom is 0.329 e. The number of methoxy groups -OCH3 is 2. The number of ether oxygens (including phenoxy) is 3. The fraction of sp³-hybridized carbons (Fsp3) is 0.400. The van der Waals surface area contributed by atoms with Gasteiger partial charge in [0, 0.05) is 18.2 Å². The summed E-state index contributed by atoms with van der Waals surface area (Å²) in [4.78, 5) is 34.5. The average molecular weight is 322 g/mol. The van der Waals surface area contributed by atoms with Gasteiger partial charge in [0.2, 0.25) is 5.91 Å². The number of hydrogen-bond acceptors (Lipinski definition) is 6. The largest absolute Gasteiger partial charge is 0.493 e. The molecule has 0 saturated carbocycles. The minimum Gasteiger partial charge on any atom is -0.493 e. The molecule has 1 heterocycles. The van der Waals surface area contributed by atoms with Crippen molar-refractivity contribution in [2.75, 3.05) is 26.1 Å². The molecule has 1 aromatic carbocycles. The smallest absolute Gasteiger partial charge is 0.329 e. The standard InChI is InChI=1S/C15H18N2O6/c1-21-11-5-3-9(7-12(11)22-2)16-14(19)8-23-15(20)10-4-6-13(18)17-10/h3,5,7,10H,4,6,8H2,1-2H3,(H,16,19)(H,17,18)/t10-/m1/s1. The zero-order chi connectivity index (χ0) is 16.8. The number of carbonyl (C=O) groups is 3. The number of rotatable bonds is 6. The summed E-state index contributed by atoms with van der Waals surface area (Å²) >= 11 is 0. The second kappa shape index (κ2) is 7.48. The first-order chi connectivity index (χ1) is 11.0. The van der Waals surface area contributed by atoms with Gasteiger partial charge in [-0.1, -0.05) is 0 Å². The van der Waals surface area contributed by atoms with Crippen LogP contribution in [0.3, 0.4) is 0 Å². The van der Waals surface area contributed by atoms with Gasteiger partial charge in [0.15, 0.2) is 18.1 Å².